The Morgan fingerprint density at radius 1 is 1.33 bits per heavy atom. The van der Waals surface area contributed by atoms with Crippen molar-refractivity contribution >= 4 is 33.4 Å². The molecule has 0 spiro atoms. The second kappa shape index (κ2) is 7.43. The summed E-state index contributed by atoms with van der Waals surface area (Å²) in [7, 11) is -3.57. The number of fused-ring (bicyclic) bond motifs is 1. The molecule has 1 amide bonds. The molecular weight excluding hydrogens is 346 g/mol. The zero-order chi connectivity index (χ0) is 17.2. The summed E-state index contributed by atoms with van der Waals surface area (Å²) in [5, 5.41) is 2.83. The number of carbonyl (C=O) groups is 1. The first-order valence-electron chi connectivity index (χ1n) is 8.25. The van der Waals surface area contributed by atoms with E-state index < -0.39 is 10.0 Å². The third-order valence-corrected chi connectivity index (χ3v) is 7.17. The molecule has 132 valence electrons. The molecular formula is C16H23N3O3S2. The highest BCUT2D eigenvalue weighted by Gasteiger charge is 2.23. The minimum atomic E-state index is -3.57. The zero-order valence-electron chi connectivity index (χ0n) is 13.7. The lowest BCUT2D eigenvalue weighted by molar-refractivity contribution is -0.118. The number of carbonyl (C=O) groups excluding carboxylic acids is 1. The van der Waals surface area contributed by atoms with E-state index in [0.717, 1.165) is 24.5 Å². The highest BCUT2D eigenvalue weighted by molar-refractivity contribution is 7.99. The van der Waals surface area contributed by atoms with E-state index in [1.54, 1.807) is 30.0 Å². The van der Waals surface area contributed by atoms with Crippen LogP contribution in [0.15, 0.2) is 28.0 Å². The Balaban J connectivity index is 1.69. The third-order valence-electron chi connectivity index (χ3n) is 4.37. The highest BCUT2D eigenvalue weighted by Crippen LogP contribution is 2.34. The molecule has 0 radical (unpaired) electrons. The Hall–Kier alpha value is -1.09. The topological polar surface area (TPSA) is 78.5 Å². The van der Waals surface area contributed by atoms with Crippen LogP contribution in [0.25, 0.3) is 0 Å². The van der Waals surface area contributed by atoms with Gasteiger partial charge in [-0.2, -0.15) is 0 Å². The predicted octanol–water partition coefficient (Wildman–Crippen LogP) is 1.74. The molecule has 3 rings (SSSR count). The van der Waals surface area contributed by atoms with E-state index in [2.05, 4.69) is 14.9 Å². The number of sulfonamides is 1. The molecule has 1 aromatic carbocycles. The van der Waals surface area contributed by atoms with E-state index in [4.69, 9.17) is 0 Å². The number of anilines is 1. The first kappa shape index (κ1) is 17.7. The van der Waals surface area contributed by atoms with Gasteiger partial charge in [-0.3, -0.25) is 4.79 Å². The molecule has 0 unspecified atom stereocenters. The molecule has 1 atom stereocenters. The largest absolute Gasteiger partial charge is 0.325 e. The van der Waals surface area contributed by atoms with Crippen molar-refractivity contribution in [1.29, 1.82) is 0 Å². The summed E-state index contributed by atoms with van der Waals surface area (Å²) < 4.78 is 27.6. The number of nitrogens with zero attached hydrogens (tertiary/aromatic N) is 1. The minimum Gasteiger partial charge on any atom is -0.325 e. The van der Waals surface area contributed by atoms with E-state index in [1.165, 1.54) is 12.8 Å². The monoisotopic (exact) mass is 369 g/mol. The van der Waals surface area contributed by atoms with Crippen molar-refractivity contribution in [2.75, 3.05) is 37.2 Å². The minimum absolute atomic E-state index is 0.0715. The Labute approximate surface area is 147 Å². The van der Waals surface area contributed by atoms with Crippen molar-refractivity contribution in [2.45, 2.75) is 29.6 Å². The fraction of sp³-hybridized carbons (Fsp3) is 0.562. The Kier molecular flexibility index (Phi) is 5.49. The van der Waals surface area contributed by atoms with Gasteiger partial charge in [-0.25, -0.2) is 13.1 Å². The van der Waals surface area contributed by atoms with E-state index in [0.29, 0.717) is 18.0 Å². The van der Waals surface area contributed by atoms with Crippen molar-refractivity contribution in [1.82, 2.24) is 9.62 Å². The van der Waals surface area contributed by atoms with Gasteiger partial charge < -0.3 is 10.2 Å². The summed E-state index contributed by atoms with van der Waals surface area (Å²) in [6.45, 7) is 5.08. The van der Waals surface area contributed by atoms with Crippen LogP contribution in [0.2, 0.25) is 0 Å². The maximum atomic E-state index is 12.5. The lowest BCUT2D eigenvalue weighted by Gasteiger charge is -2.15. The normalized spacial score (nSPS) is 22.0. The molecule has 6 nitrogen and oxygen atoms in total. The van der Waals surface area contributed by atoms with Crippen molar-refractivity contribution in [2.24, 2.45) is 5.92 Å². The lowest BCUT2D eigenvalue weighted by atomic mass is 10.2. The van der Waals surface area contributed by atoms with Crippen LogP contribution in [-0.2, 0) is 14.8 Å². The van der Waals surface area contributed by atoms with Crippen LogP contribution in [0.5, 0.6) is 0 Å². The van der Waals surface area contributed by atoms with Crippen LogP contribution in [0.4, 0.5) is 5.69 Å². The number of hydrogen-bond acceptors (Lipinski definition) is 5. The fourth-order valence-corrected chi connectivity index (χ4v) is 4.93. The molecule has 2 aliphatic rings. The Morgan fingerprint density at radius 3 is 2.83 bits per heavy atom. The molecule has 1 saturated heterocycles. The summed E-state index contributed by atoms with van der Waals surface area (Å²) >= 11 is 1.57. The summed E-state index contributed by atoms with van der Waals surface area (Å²) in [6.07, 6.45) is 2.38. The number of benzene rings is 1. The van der Waals surface area contributed by atoms with E-state index >= 15 is 0 Å². The summed E-state index contributed by atoms with van der Waals surface area (Å²) in [6, 6.07) is 4.93. The van der Waals surface area contributed by atoms with Gasteiger partial charge in [0.15, 0.2) is 0 Å². The van der Waals surface area contributed by atoms with Crippen LogP contribution in [0, 0.1) is 5.92 Å². The van der Waals surface area contributed by atoms with Crippen molar-refractivity contribution in [3.05, 3.63) is 18.2 Å². The average Bonchev–Trinajstić information content (AvgIpc) is 3.01. The smallest absolute Gasteiger partial charge is 0.240 e. The van der Waals surface area contributed by atoms with Crippen LogP contribution >= 0.6 is 11.8 Å². The van der Waals surface area contributed by atoms with Gasteiger partial charge in [-0.1, -0.05) is 6.92 Å². The van der Waals surface area contributed by atoms with Gasteiger partial charge in [0.25, 0.3) is 0 Å². The maximum absolute atomic E-state index is 12.5. The maximum Gasteiger partial charge on any atom is 0.240 e. The number of hydrogen-bond donors (Lipinski definition) is 2. The molecule has 24 heavy (non-hydrogen) atoms. The van der Waals surface area contributed by atoms with Gasteiger partial charge in [0.1, 0.15) is 0 Å². The summed E-state index contributed by atoms with van der Waals surface area (Å²) in [4.78, 5) is 15.3. The van der Waals surface area contributed by atoms with Gasteiger partial charge >= 0.3 is 0 Å². The summed E-state index contributed by atoms with van der Waals surface area (Å²) in [5.74, 6) is 0.526. The quantitative estimate of drug-likeness (QED) is 0.827. The molecule has 1 aromatic rings. The molecule has 2 aliphatic heterocycles. The van der Waals surface area contributed by atoms with Crippen LogP contribution < -0.4 is 10.0 Å². The molecule has 2 heterocycles. The van der Waals surface area contributed by atoms with Gasteiger partial charge in [0.05, 0.1) is 10.6 Å². The first-order chi connectivity index (χ1) is 11.5. The van der Waals surface area contributed by atoms with Crippen LogP contribution in [0.1, 0.15) is 19.8 Å². The van der Waals surface area contributed by atoms with E-state index in [-0.39, 0.29) is 16.7 Å². The van der Waals surface area contributed by atoms with E-state index in [1.807, 2.05) is 6.92 Å². The second-order valence-electron chi connectivity index (χ2n) is 6.31. The highest BCUT2D eigenvalue weighted by atomic mass is 32.2. The standard InChI is InChI=1S/C16H23N3O3S2/c1-12-11-23-15-5-4-13(10-14(15)18-16(12)20)24(21,22)17-6-9-19-7-2-3-8-19/h4-5,10,12,17H,2-3,6-9,11H2,1H3,(H,18,20)/t12-/m0/s1. The fourth-order valence-electron chi connectivity index (χ4n) is 2.87. The number of likely N-dealkylation sites (tertiary alicyclic amines) is 1. The number of amides is 1. The number of rotatable bonds is 5. The molecule has 2 N–H and O–H groups in total. The average molecular weight is 370 g/mol. The van der Waals surface area contributed by atoms with Gasteiger partial charge in [-0.15, -0.1) is 11.8 Å². The van der Waals surface area contributed by atoms with Crippen molar-refractivity contribution < 1.29 is 13.2 Å². The van der Waals surface area contributed by atoms with Gasteiger partial charge in [0.2, 0.25) is 15.9 Å². The lowest BCUT2D eigenvalue weighted by Crippen LogP contribution is -2.33. The third kappa shape index (κ3) is 4.11. The zero-order valence-corrected chi connectivity index (χ0v) is 15.4. The molecule has 8 heteroatoms. The van der Waals surface area contributed by atoms with Crippen LogP contribution in [-0.4, -0.2) is 51.2 Å². The predicted molar refractivity (Wildman–Crippen MR) is 95.8 cm³/mol. The molecule has 0 aliphatic carbocycles. The van der Waals surface area contributed by atoms with Gasteiger partial charge in [0, 0.05) is 29.7 Å². The van der Waals surface area contributed by atoms with E-state index in [9.17, 15) is 13.2 Å². The first-order valence-corrected chi connectivity index (χ1v) is 10.7. The number of nitrogens with one attached hydrogen (secondary N) is 2. The summed E-state index contributed by atoms with van der Waals surface area (Å²) in [5.41, 5.74) is 0.580. The van der Waals surface area contributed by atoms with Crippen molar-refractivity contribution in [3.63, 3.8) is 0 Å². The molecule has 0 bridgehead atoms. The Bertz CT molecular complexity index is 715. The second-order valence-corrected chi connectivity index (χ2v) is 9.13. The number of thioether (sulfide) groups is 1. The van der Waals surface area contributed by atoms with Crippen molar-refractivity contribution in [3.8, 4) is 0 Å². The van der Waals surface area contributed by atoms with Crippen LogP contribution in [0.3, 0.4) is 0 Å². The van der Waals surface area contributed by atoms with Gasteiger partial charge in [-0.05, 0) is 44.1 Å². The Morgan fingerprint density at radius 2 is 2.08 bits per heavy atom. The molecule has 1 fully saturated rings. The molecule has 0 saturated carbocycles. The molecule has 0 aromatic heterocycles. The SMILES string of the molecule is C[C@H]1CSc2ccc(S(=O)(=O)NCCN3CCCC3)cc2NC1=O.